The zero-order valence-electron chi connectivity index (χ0n) is 7.80. The third kappa shape index (κ3) is 2.71. The van der Waals surface area contributed by atoms with Gasteiger partial charge in [-0.2, -0.15) is 0 Å². The minimum absolute atomic E-state index is 0.238. The Kier molecular flexibility index (Phi) is 3.73. The van der Waals surface area contributed by atoms with Crippen LogP contribution in [0.3, 0.4) is 0 Å². The fourth-order valence-electron chi connectivity index (χ4n) is 1.16. The molecule has 1 aromatic heterocycles. The molecule has 0 atom stereocenters. The summed E-state index contributed by atoms with van der Waals surface area (Å²) in [6, 6.07) is 0. The molecule has 0 aliphatic rings. The summed E-state index contributed by atoms with van der Waals surface area (Å²) in [5.74, 6) is -1.03. The van der Waals surface area contributed by atoms with Crippen molar-refractivity contribution >= 4 is 21.9 Å². The molecule has 0 amide bonds. The van der Waals surface area contributed by atoms with Crippen LogP contribution in [0.1, 0.15) is 23.2 Å². The van der Waals surface area contributed by atoms with Crippen LogP contribution < -0.4 is 0 Å². The van der Waals surface area contributed by atoms with E-state index in [2.05, 4.69) is 20.9 Å². The average molecular weight is 280 g/mol. The lowest BCUT2D eigenvalue weighted by Crippen LogP contribution is -2.05. The summed E-state index contributed by atoms with van der Waals surface area (Å²) < 4.78 is 25.2. The molecular weight excluding hydrogens is 272 g/mol. The fourth-order valence-corrected chi connectivity index (χ4v) is 1.61. The van der Waals surface area contributed by atoms with Crippen molar-refractivity contribution in [2.45, 2.75) is 19.8 Å². The van der Waals surface area contributed by atoms with Gasteiger partial charge in [-0.05, 0) is 18.1 Å². The monoisotopic (exact) mass is 279 g/mol. The molecular formula is C9H8BrF2NO2. The van der Waals surface area contributed by atoms with Crippen molar-refractivity contribution in [3.05, 3.63) is 27.5 Å². The van der Waals surface area contributed by atoms with Gasteiger partial charge < -0.3 is 5.11 Å². The van der Waals surface area contributed by atoms with Crippen LogP contribution in [-0.4, -0.2) is 16.1 Å². The highest BCUT2D eigenvalue weighted by Crippen LogP contribution is 2.28. The van der Waals surface area contributed by atoms with Gasteiger partial charge in [0.25, 0.3) is 6.43 Å². The second kappa shape index (κ2) is 4.65. The SMILES string of the molecule is Cc1c(C(F)F)ncc(CC(=O)O)c1Br. The average Bonchev–Trinajstić information content (AvgIpc) is 2.12. The molecule has 0 aromatic carbocycles. The summed E-state index contributed by atoms with van der Waals surface area (Å²) in [7, 11) is 0. The van der Waals surface area contributed by atoms with Gasteiger partial charge in [0.15, 0.2) is 0 Å². The Morgan fingerprint density at radius 1 is 1.67 bits per heavy atom. The fraction of sp³-hybridized carbons (Fsp3) is 0.333. The lowest BCUT2D eigenvalue weighted by molar-refractivity contribution is -0.136. The number of carbonyl (C=O) groups is 1. The van der Waals surface area contributed by atoms with Crippen molar-refractivity contribution < 1.29 is 18.7 Å². The van der Waals surface area contributed by atoms with Crippen LogP contribution in [-0.2, 0) is 11.2 Å². The van der Waals surface area contributed by atoms with Crippen LogP contribution in [0.15, 0.2) is 10.7 Å². The number of carboxylic acids is 1. The Hall–Kier alpha value is -1.04. The first-order valence-electron chi connectivity index (χ1n) is 4.07. The number of aliphatic carboxylic acids is 1. The van der Waals surface area contributed by atoms with Crippen molar-refractivity contribution in [2.75, 3.05) is 0 Å². The number of rotatable bonds is 3. The lowest BCUT2D eigenvalue weighted by Gasteiger charge is -2.09. The number of nitrogens with zero attached hydrogens (tertiary/aromatic N) is 1. The van der Waals surface area contributed by atoms with E-state index in [1.807, 2.05) is 0 Å². The minimum atomic E-state index is -2.65. The summed E-state index contributed by atoms with van der Waals surface area (Å²) in [4.78, 5) is 14.0. The van der Waals surface area contributed by atoms with Gasteiger partial charge in [-0.3, -0.25) is 9.78 Å². The standard InChI is InChI=1S/C9H8BrF2NO2/c1-4-7(10)5(2-6(14)15)3-13-8(4)9(11)12/h3,9H,2H2,1H3,(H,14,15). The highest BCUT2D eigenvalue weighted by atomic mass is 79.9. The molecule has 0 aliphatic heterocycles. The molecule has 0 radical (unpaired) electrons. The number of hydrogen-bond acceptors (Lipinski definition) is 2. The molecule has 6 heteroatoms. The highest BCUT2D eigenvalue weighted by molar-refractivity contribution is 9.10. The first-order valence-corrected chi connectivity index (χ1v) is 4.86. The van der Waals surface area contributed by atoms with Gasteiger partial charge in [0.1, 0.15) is 5.69 Å². The zero-order valence-corrected chi connectivity index (χ0v) is 9.38. The van der Waals surface area contributed by atoms with Crippen molar-refractivity contribution in [3.63, 3.8) is 0 Å². The molecule has 3 nitrogen and oxygen atoms in total. The first-order chi connectivity index (χ1) is 6.93. The number of pyridine rings is 1. The van der Waals surface area contributed by atoms with Crippen molar-refractivity contribution in [3.8, 4) is 0 Å². The summed E-state index contributed by atoms with van der Waals surface area (Å²) in [5, 5.41) is 8.56. The van der Waals surface area contributed by atoms with E-state index in [-0.39, 0.29) is 17.7 Å². The molecule has 0 aliphatic carbocycles. The van der Waals surface area contributed by atoms with Gasteiger partial charge in [0, 0.05) is 10.7 Å². The third-order valence-corrected chi connectivity index (χ3v) is 3.01. The minimum Gasteiger partial charge on any atom is -0.481 e. The van der Waals surface area contributed by atoms with E-state index in [9.17, 15) is 13.6 Å². The zero-order chi connectivity index (χ0) is 11.6. The molecule has 15 heavy (non-hydrogen) atoms. The summed E-state index contributed by atoms with van der Waals surface area (Å²) in [5.41, 5.74) is 0.351. The molecule has 0 saturated carbocycles. The second-order valence-electron chi connectivity index (χ2n) is 2.98. The number of hydrogen-bond donors (Lipinski definition) is 1. The van der Waals surface area contributed by atoms with E-state index >= 15 is 0 Å². The number of halogens is 3. The molecule has 1 aromatic rings. The van der Waals surface area contributed by atoms with E-state index in [0.717, 1.165) is 6.20 Å². The van der Waals surface area contributed by atoms with E-state index in [1.165, 1.54) is 6.92 Å². The summed E-state index contributed by atoms with van der Waals surface area (Å²) in [6.07, 6.45) is -1.73. The molecule has 0 fully saturated rings. The summed E-state index contributed by atoms with van der Waals surface area (Å²) in [6.45, 7) is 1.48. The molecule has 0 bridgehead atoms. The van der Waals surface area contributed by atoms with Crippen LogP contribution in [0.25, 0.3) is 0 Å². The number of carboxylic acid groups (broad SMARTS) is 1. The van der Waals surface area contributed by atoms with E-state index in [0.29, 0.717) is 10.0 Å². The number of aromatic nitrogens is 1. The smallest absolute Gasteiger partial charge is 0.307 e. The Morgan fingerprint density at radius 3 is 2.73 bits per heavy atom. The largest absolute Gasteiger partial charge is 0.481 e. The normalized spacial score (nSPS) is 10.7. The second-order valence-corrected chi connectivity index (χ2v) is 3.77. The Labute approximate surface area is 93.3 Å². The van der Waals surface area contributed by atoms with E-state index in [4.69, 9.17) is 5.11 Å². The van der Waals surface area contributed by atoms with Gasteiger partial charge in [-0.1, -0.05) is 15.9 Å². The molecule has 1 rings (SSSR count). The van der Waals surface area contributed by atoms with E-state index in [1.54, 1.807) is 0 Å². The molecule has 0 saturated heterocycles. The van der Waals surface area contributed by atoms with Gasteiger partial charge in [-0.25, -0.2) is 8.78 Å². The van der Waals surface area contributed by atoms with Crippen molar-refractivity contribution in [2.24, 2.45) is 0 Å². The van der Waals surface area contributed by atoms with Crippen LogP contribution in [0.5, 0.6) is 0 Å². The van der Waals surface area contributed by atoms with E-state index < -0.39 is 12.4 Å². The molecule has 1 heterocycles. The predicted octanol–water partition coefficient (Wildman–Crippen LogP) is 2.72. The third-order valence-electron chi connectivity index (χ3n) is 1.90. The molecule has 1 N–H and O–H groups in total. The summed E-state index contributed by atoms with van der Waals surface area (Å²) >= 11 is 3.09. The Morgan fingerprint density at radius 2 is 2.27 bits per heavy atom. The maximum absolute atomic E-state index is 12.4. The maximum atomic E-state index is 12.4. The predicted molar refractivity (Wildman–Crippen MR) is 53.0 cm³/mol. The molecule has 82 valence electrons. The Bertz CT molecular complexity index is 396. The van der Waals surface area contributed by atoms with Gasteiger partial charge >= 0.3 is 5.97 Å². The van der Waals surface area contributed by atoms with Gasteiger partial charge in [-0.15, -0.1) is 0 Å². The highest BCUT2D eigenvalue weighted by Gasteiger charge is 2.17. The maximum Gasteiger partial charge on any atom is 0.307 e. The first kappa shape index (κ1) is 12.0. The van der Waals surface area contributed by atoms with Crippen LogP contribution >= 0.6 is 15.9 Å². The Balaban J connectivity index is 3.15. The van der Waals surface area contributed by atoms with Crippen LogP contribution in [0.4, 0.5) is 8.78 Å². The van der Waals surface area contributed by atoms with Gasteiger partial charge in [0.2, 0.25) is 0 Å². The molecule has 0 unspecified atom stereocenters. The number of alkyl halides is 2. The molecule has 0 spiro atoms. The van der Waals surface area contributed by atoms with Gasteiger partial charge in [0.05, 0.1) is 6.42 Å². The van der Waals surface area contributed by atoms with Crippen LogP contribution in [0.2, 0.25) is 0 Å². The topological polar surface area (TPSA) is 50.2 Å². The van der Waals surface area contributed by atoms with Crippen molar-refractivity contribution in [1.29, 1.82) is 0 Å². The van der Waals surface area contributed by atoms with Crippen molar-refractivity contribution in [1.82, 2.24) is 4.98 Å². The quantitative estimate of drug-likeness (QED) is 0.926. The van der Waals surface area contributed by atoms with Crippen LogP contribution in [0, 0.1) is 6.92 Å². The lowest BCUT2D eigenvalue weighted by atomic mass is 10.1.